The summed E-state index contributed by atoms with van der Waals surface area (Å²) < 4.78 is 32.8. The van der Waals surface area contributed by atoms with E-state index < -0.39 is 10.0 Å². The predicted octanol–water partition coefficient (Wildman–Crippen LogP) is 3.75. The van der Waals surface area contributed by atoms with Crippen molar-refractivity contribution < 1.29 is 17.9 Å². The number of sulfonamides is 1. The van der Waals surface area contributed by atoms with Gasteiger partial charge < -0.3 is 10.1 Å². The van der Waals surface area contributed by atoms with E-state index in [0.717, 1.165) is 0 Å². The van der Waals surface area contributed by atoms with Crippen LogP contribution in [-0.4, -0.2) is 21.4 Å². The maximum absolute atomic E-state index is 12.6. The Hall–Kier alpha value is -3.32. The van der Waals surface area contributed by atoms with E-state index in [1.54, 1.807) is 36.4 Å². The van der Waals surface area contributed by atoms with Gasteiger partial charge >= 0.3 is 0 Å². The summed E-state index contributed by atoms with van der Waals surface area (Å²) in [5, 5.41) is 2.75. The third-order valence-electron chi connectivity index (χ3n) is 3.81. The molecule has 6 nitrogen and oxygen atoms in total. The second-order valence-corrected chi connectivity index (χ2v) is 7.33. The van der Waals surface area contributed by atoms with Crippen LogP contribution in [0.15, 0.2) is 83.8 Å². The summed E-state index contributed by atoms with van der Waals surface area (Å²) in [6.45, 7) is 0. The first-order valence-corrected chi connectivity index (χ1v) is 9.60. The number of amides is 1. The molecule has 0 radical (unpaired) electrons. The lowest BCUT2D eigenvalue weighted by molar-refractivity contribution is 0.102. The Morgan fingerprint density at radius 1 is 0.852 bits per heavy atom. The normalized spacial score (nSPS) is 10.9. The van der Waals surface area contributed by atoms with Crippen molar-refractivity contribution in [2.75, 3.05) is 17.1 Å². The lowest BCUT2D eigenvalue weighted by atomic mass is 10.2. The minimum Gasteiger partial charge on any atom is -0.495 e. The van der Waals surface area contributed by atoms with Gasteiger partial charge in [-0.1, -0.05) is 30.3 Å². The number of benzene rings is 3. The number of hydrogen-bond acceptors (Lipinski definition) is 4. The van der Waals surface area contributed by atoms with E-state index >= 15 is 0 Å². The smallest absolute Gasteiger partial charge is 0.262 e. The Kier molecular flexibility index (Phi) is 5.42. The second kappa shape index (κ2) is 7.92. The van der Waals surface area contributed by atoms with Crippen molar-refractivity contribution in [2.45, 2.75) is 4.90 Å². The van der Waals surface area contributed by atoms with Crippen molar-refractivity contribution in [3.05, 3.63) is 84.4 Å². The van der Waals surface area contributed by atoms with E-state index in [0.29, 0.717) is 22.7 Å². The zero-order valence-corrected chi connectivity index (χ0v) is 15.4. The number of carbonyl (C=O) groups is 1. The fraction of sp³-hybridized carbons (Fsp3) is 0.0500. The summed E-state index contributed by atoms with van der Waals surface area (Å²) in [4.78, 5) is 12.3. The van der Waals surface area contributed by atoms with Crippen LogP contribution in [0, 0.1) is 0 Å². The number of methoxy groups -OCH3 is 1. The molecule has 1 amide bonds. The summed E-state index contributed by atoms with van der Waals surface area (Å²) in [6, 6.07) is 21.5. The molecular formula is C20H18N2O4S. The average Bonchev–Trinajstić information content (AvgIpc) is 2.69. The van der Waals surface area contributed by atoms with Gasteiger partial charge in [0.25, 0.3) is 15.9 Å². The van der Waals surface area contributed by atoms with Crippen molar-refractivity contribution >= 4 is 27.3 Å². The standard InChI is InChI=1S/C20H18N2O4S/c1-26-19-10-6-5-9-18(19)22-27(24,25)17-13-11-15(12-14-17)20(23)21-16-7-3-2-4-8-16/h2-14,22H,1H3,(H,21,23). The van der Waals surface area contributed by atoms with E-state index in [1.807, 2.05) is 18.2 Å². The first-order valence-electron chi connectivity index (χ1n) is 8.12. The van der Waals surface area contributed by atoms with Crippen LogP contribution in [0.4, 0.5) is 11.4 Å². The van der Waals surface area contributed by atoms with Gasteiger partial charge in [0, 0.05) is 11.3 Å². The van der Waals surface area contributed by atoms with Crippen LogP contribution in [0.1, 0.15) is 10.4 Å². The first-order chi connectivity index (χ1) is 13.0. The van der Waals surface area contributed by atoms with Crippen molar-refractivity contribution in [3.63, 3.8) is 0 Å². The molecular weight excluding hydrogens is 364 g/mol. The monoisotopic (exact) mass is 382 g/mol. The number of rotatable bonds is 6. The Labute approximate surface area is 157 Å². The number of para-hydroxylation sites is 3. The molecule has 0 atom stereocenters. The SMILES string of the molecule is COc1ccccc1NS(=O)(=O)c1ccc(C(=O)Nc2ccccc2)cc1. The number of nitrogens with one attached hydrogen (secondary N) is 2. The molecule has 138 valence electrons. The van der Waals surface area contributed by atoms with Crippen molar-refractivity contribution in [1.82, 2.24) is 0 Å². The second-order valence-electron chi connectivity index (χ2n) is 5.65. The topological polar surface area (TPSA) is 84.5 Å². The molecule has 0 aliphatic heterocycles. The van der Waals surface area contributed by atoms with Crippen molar-refractivity contribution in [3.8, 4) is 5.75 Å². The zero-order chi connectivity index (χ0) is 19.3. The van der Waals surface area contributed by atoms with Crippen molar-refractivity contribution in [1.29, 1.82) is 0 Å². The quantitative estimate of drug-likeness (QED) is 0.680. The Bertz CT molecular complexity index is 1030. The van der Waals surface area contributed by atoms with Crippen molar-refractivity contribution in [2.24, 2.45) is 0 Å². The molecule has 0 saturated carbocycles. The molecule has 0 fully saturated rings. The number of hydrogen-bond donors (Lipinski definition) is 2. The van der Waals surface area contributed by atoms with Gasteiger partial charge in [-0.05, 0) is 48.5 Å². The molecule has 0 bridgehead atoms. The van der Waals surface area contributed by atoms with Gasteiger partial charge in [0.2, 0.25) is 0 Å². The highest BCUT2D eigenvalue weighted by atomic mass is 32.2. The van der Waals surface area contributed by atoms with E-state index in [9.17, 15) is 13.2 Å². The molecule has 0 aromatic heterocycles. The molecule has 3 aromatic carbocycles. The van der Waals surface area contributed by atoms with Gasteiger partial charge in [-0.3, -0.25) is 9.52 Å². The minimum atomic E-state index is -3.81. The molecule has 0 aliphatic rings. The van der Waals surface area contributed by atoms with Crippen LogP contribution in [-0.2, 0) is 10.0 Å². The van der Waals surface area contributed by atoms with E-state index in [2.05, 4.69) is 10.0 Å². The summed E-state index contributed by atoms with van der Waals surface area (Å²) in [7, 11) is -2.34. The summed E-state index contributed by atoms with van der Waals surface area (Å²) in [5.41, 5.74) is 1.36. The van der Waals surface area contributed by atoms with Gasteiger partial charge in [-0.25, -0.2) is 8.42 Å². The fourth-order valence-electron chi connectivity index (χ4n) is 2.44. The Balaban J connectivity index is 1.77. The maximum atomic E-state index is 12.6. The van der Waals surface area contributed by atoms with Crippen LogP contribution in [0.25, 0.3) is 0 Å². The number of ether oxygens (including phenoxy) is 1. The highest BCUT2D eigenvalue weighted by Crippen LogP contribution is 2.26. The van der Waals surface area contributed by atoms with E-state index in [1.165, 1.54) is 31.4 Å². The molecule has 0 saturated heterocycles. The van der Waals surface area contributed by atoms with Gasteiger partial charge in [-0.15, -0.1) is 0 Å². The Morgan fingerprint density at radius 2 is 1.48 bits per heavy atom. The lowest BCUT2D eigenvalue weighted by Crippen LogP contribution is -2.15. The highest BCUT2D eigenvalue weighted by Gasteiger charge is 2.17. The molecule has 27 heavy (non-hydrogen) atoms. The van der Waals surface area contributed by atoms with Crippen LogP contribution in [0.3, 0.4) is 0 Å². The summed E-state index contributed by atoms with van der Waals surface area (Å²) >= 11 is 0. The van der Waals surface area contributed by atoms with Crippen LogP contribution in [0.5, 0.6) is 5.75 Å². The average molecular weight is 382 g/mol. The number of carbonyl (C=O) groups excluding carboxylic acids is 1. The molecule has 0 heterocycles. The van der Waals surface area contributed by atoms with E-state index in [4.69, 9.17) is 4.74 Å². The van der Waals surface area contributed by atoms with Gasteiger partial charge in [0.05, 0.1) is 17.7 Å². The third kappa shape index (κ3) is 4.45. The molecule has 3 aromatic rings. The third-order valence-corrected chi connectivity index (χ3v) is 5.19. The summed E-state index contributed by atoms with van der Waals surface area (Å²) in [5.74, 6) is 0.0998. The molecule has 0 spiro atoms. The molecule has 0 aliphatic carbocycles. The Morgan fingerprint density at radius 3 is 2.15 bits per heavy atom. The molecule has 2 N–H and O–H groups in total. The molecule has 7 heteroatoms. The minimum absolute atomic E-state index is 0.0460. The fourth-order valence-corrected chi connectivity index (χ4v) is 3.51. The van der Waals surface area contributed by atoms with E-state index in [-0.39, 0.29) is 10.8 Å². The van der Waals surface area contributed by atoms with Gasteiger partial charge in [0.15, 0.2) is 0 Å². The van der Waals surface area contributed by atoms with Crippen LogP contribution >= 0.6 is 0 Å². The predicted molar refractivity (Wildman–Crippen MR) is 105 cm³/mol. The molecule has 3 rings (SSSR count). The van der Waals surface area contributed by atoms with Gasteiger partial charge in [0.1, 0.15) is 5.75 Å². The number of anilines is 2. The molecule has 0 unspecified atom stereocenters. The van der Waals surface area contributed by atoms with Gasteiger partial charge in [-0.2, -0.15) is 0 Å². The largest absolute Gasteiger partial charge is 0.495 e. The maximum Gasteiger partial charge on any atom is 0.262 e. The lowest BCUT2D eigenvalue weighted by Gasteiger charge is -2.12. The summed E-state index contributed by atoms with van der Waals surface area (Å²) in [6.07, 6.45) is 0. The highest BCUT2D eigenvalue weighted by molar-refractivity contribution is 7.92. The zero-order valence-electron chi connectivity index (χ0n) is 14.5. The van der Waals surface area contributed by atoms with Crippen LogP contribution < -0.4 is 14.8 Å². The van der Waals surface area contributed by atoms with Crippen LogP contribution in [0.2, 0.25) is 0 Å². The first kappa shape index (κ1) is 18.5.